The fraction of sp³-hybridized carbons (Fsp3) is 0.455. The highest BCUT2D eigenvalue weighted by atomic mass is 15.3. The summed E-state index contributed by atoms with van der Waals surface area (Å²) in [6.07, 6.45) is 4.70. The van der Waals surface area contributed by atoms with Crippen molar-refractivity contribution in [3.05, 3.63) is 41.5 Å². The van der Waals surface area contributed by atoms with E-state index in [1.54, 1.807) is 0 Å². The number of anilines is 3. The van der Waals surface area contributed by atoms with E-state index in [4.69, 9.17) is 10.1 Å². The van der Waals surface area contributed by atoms with E-state index in [0.717, 1.165) is 62.0 Å². The van der Waals surface area contributed by atoms with Crippen molar-refractivity contribution in [2.75, 3.05) is 36.4 Å². The van der Waals surface area contributed by atoms with E-state index in [1.165, 1.54) is 16.8 Å². The van der Waals surface area contributed by atoms with Crippen molar-refractivity contribution in [1.82, 2.24) is 30.0 Å². The molecule has 0 unspecified atom stereocenters. The third-order valence-corrected chi connectivity index (χ3v) is 5.86. The van der Waals surface area contributed by atoms with Crippen molar-refractivity contribution in [2.45, 2.75) is 39.7 Å². The molecule has 1 aliphatic carbocycles. The molecule has 30 heavy (non-hydrogen) atoms. The first-order chi connectivity index (χ1) is 14.6. The molecule has 0 radical (unpaired) electrons. The van der Waals surface area contributed by atoms with Crippen molar-refractivity contribution in [3.8, 4) is 11.3 Å². The van der Waals surface area contributed by atoms with Crippen LogP contribution in [0.3, 0.4) is 0 Å². The van der Waals surface area contributed by atoms with Crippen LogP contribution in [0.5, 0.6) is 0 Å². The van der Waals surface area contributed by atoms with Crippen LogP contribution in [-0.4, -0.2) is 50.9 Å². The van der Waals surface area contributed by atoms with Crippen molar-refractivity contribution >= 4 is 17.5 Å². The van der Waals surface area contributed by atoms with Gasteiger partial charge >= 0.3 is 0 Å². The maximum absolute atomic E-state index is 4.86. The van der Waals surface area contributed by atoms with Crippen molar-refractivity contribution < 1.29 is 0 Å². The van der Waals surface area contributed by atoms with Gasteiger partial charge in [-0.25, -0.2) is 15.0 Å². The van der Waals surface area contributed by atoms with Crippen LogP contribution in [0.1, 0.15) is 43.6 Å². The summed E-state index contributed by atoms with van der Waals surface area (Å²) in [5.41, 5.74) is 6.88. The Morgan fingerprint density at radius 1 is 1.13 bits per heavy atom. The number of fused-ring (bicyclic) bond motifs is 3. The van der Waals surface area contributed by atoms with E-state index in [2.05, 4.69) is 57.0 Å². The Hall–Kier alpha value is -3.00. The third kappa shape index (κ3) is 3.31. The number of rotatable bonds is 5. The minimum absolute atomic E-state index is 0.350. The third-order valence-electron chi connectivity index (χ3n) is 5.86. The predicted octanol–water partition coefficient (Wildman–Crippen LogP) is 2.94. The number of piperazine rings is 1. The highest BCUT2D eigenvalue weighted by Crippen LogP contribution is 2.40. The van der Waals surface area contributed by atoms with Gasteiger partial charge in [-0.05, 0) is 25.0 Å². The van der Waals surface area contributed by atoms with Gasteiger partial charge in [0.05, 0.1) is 29.0 Å². The molecule has 4 heterocycles. The molecule has 8 nitrogen and oxygen atoms in total. The molecule has 1 saturated heterocycles. The summed E-state index contributed by atoms with van der Waals surface area (Å²) < 4.78 is 2.11. The van der Waals surface area contributed by atoms with Crippen LogP contribution in [0.15, 0.2) is 24.5 Å². The molecule has 156 valence electrons. The summed E-state index contributed by atoms with van der Waals surface area (Å²) in [5.74, 6) is 1.67. The molecule has 0 aromatic carbocycles. The van der Waals surface area contributed by atoms with Gasteiger partial charge in [-0.3, -0.25) is 4.68 Å². The van der Waals surface area contributed by atoms with Crippen LogP contribution in [0.2, 0.25) is 0 Å². The summed E-state index contributed by atoms with van der Waals surface area (Å²) in [7, 11) is 0. The van der Waals surface area contributed by atoms with Crippen LogP contribution < -0.4 is 15.5 Å². The standard InChI is InChI=1S/C22H28N8/c1-4-30-17-11-15-12-25-22(27-21(15)19(17)20(28-30)14(2)3)26-18-6-5-16(13-24-18)29-9-7-23-8-10-29/h5-6,12-14,23H,4,7-11H2,1-3H3,(H,24,25,26,27). The van der Waals surface area contributed by atoms with E-state index in [9.17, 15) is 0 Å². The number of hydrogen-bond donors (Lipinski definition) is 2. The molecular formula is C22H28N8. The Kier molecular flexibility index (Phi) is 4.86. The second kappa shape index (κ2) is 7.68. The summed E-state index contributed by atoms with van der Waals surface area (Å²) in [6.45, 7) is 11.4. The average molecular weight is 405 g/mol. The first kappa shape index (κ1) is 19.0. The van der Waals surface area contributed by atoms with Crippen molar-refractivity contribution in [3.63, 3.8) is 0 Å². The van der Waals surface area contributed by atoms with E-state index in [0.29, 0.717) is 11.9 Å². The summed E-state index contributed by atoms with van der Waals surface area (Å²) in [4.78, 5) is 16.3. The number of aromatic nitrogens is 5. The van der Waals surface area contributed by atoms with E-state index in [-0.39, 0.29) is 0 Å². The summed E-state index contributed by atoms with van der Waals surface area (Å²) in [5, 5.41) is 11.5. The van der Waals surface area contributed by atoms with Gasteiger partial charge in [-0.1, -0.05) is 13.8 Å². The molecule has 0 bridgehead atoms. The lowest BCUT2D eigenvalue weighted by Gasteiger charge is -2.29. The molecule has 1 fully saturated rings. The summed E-state index contributed by atoms with van der Waals surface area (Å²) in [6, 6.07) is 4.10. The van der Waals surface area contributed by atoms with Crippen LogP contribution in [-0.2, 0) is 13.0 Å². The molecule has 8 heteroatoms. The Morgan fingerprint density at radius 2 is 1.97 bits per heavy atom. The number of hydrogen-bond acceptors (Lipinski definition) is 7. The first-order valence-corrected chi connectivity index (χ1v) is 10.8. The van der Waals surface area contributed by atoms with E-state index in [1.807, 2.05) is 18.5 Å². The largest absolute Gasteiger partial charge is 0.368 e. The highest BCUT2D eigenvalue weighted by molar-refractivity contribution is 5.75. The SMILES string of the molecule is CCn1nc(C(C)C)c2c1Cc1cnc(Nc3ccc(N4CCNCC4)cn3)nc1-2. The van der Waals surface area contributed by atoms with Gasteiger partial charge in [0.1, 0.15) is 5.82 Å². The molecule has 1 aliphatic heterocycles. The fourth-order valence-electron chi connectivity index (χ4n) is 4.30. The highest BCUT2D eigenvalue weighted by Gasteiger charge is 2.30. The lowest BCUT2D eigenvalue weighted by Crippen LogP contribution is -2.43. The quantitative estimate of drug-likeness (QED) is 0.529. The van der Waals surface area contributed by atoms with Crippen molar-refractivity contribution in [2.24, 2.45) is 0 Å². The minimum Gasteiger partial charge on any atom is -0.368 e. The predicted molar refractivity (Wildman–Crippen MR) is 118 cm³/mol. The van der Waals surface area contributed by atoms with Gasteiger partial charge in [-0.15, -0.1) is 0 Å². The number of pyridine rings is 1. The zero-order valence-corrected chi connectivity index (χ0v) is 17.8. The fourth-order valence-corrected chi connectivity index (χ4v) is 4.30. The Bertz CT molecular complexity index is 1050. The van der Waals surface area contributed by atoms with Crippen LogP contribution in [0, 0.1) is 0 Å². The molecule has 0 atom stereocenters. The molecule has 2 aliphatic rings. The van der Waals surface area contributed by atoms with E-state index < -0.39 is 0 Å². The smallest absolute Gasteiger partial charge is 0.228 e. The lowest BCUT2D eigenvalue weighted by atomic mass is 10.0. The maximum atomic E-state index is 4.86. The number of aryl methyl sites for hydroxylation is 1. The number of nitrogens with zero attached hydrogens (tertiary/aromatic N) is 6. The molecule has 3 aromatic rings. The molecule has 0 amide bonds. The zero-order valence-electron chi connectivity index (χ0n) is 17.8. The normalized spacial score (nSPS) is 15.4. The van der Waals surface area contributed by atoms with Gasteiger partial charge in [0.25, 0.3) is 0 Å². The van der Waals surface area contributed by atoms with Crippen molar-refractivity contribution in [1.29, 1.82) is 0 Å². The van der Waals surface area contributed by atoms with Crippen LogP contribution in [0.4, 0.5) is 17.5 Å². The maximum Gasteiger partial charge on any atom is 0.228 e. The zero-order chi connectivity index (χ0) is 20.7. The first-order valence-electron chi connectivity index (χ1n) is 10.8. The molecule has 5 rings (SSSR count). The Balaban J connectivity index is 1.40. The Labute approximate surface area is 176 Å². The van der Waals surface area contributed by atoms with Gasteiger partial charge in [0, 0.05) is 56.5 Å². The minimum atomic E-state index is 0.350. The monoisotopic (exact) mass is 404 g/mol. The molecular weight excluding hydrogens is 376 g/mol. The molecule has 2 N–H and O–H groups in total. The van der Waals surface area contributed by atoms with Crippen LogP contribution >= 0.6 is 0 Å². The van der Waals surface area contributed by atoms with Gasteiger partial charge in [0.15, 0.2) is 0 Å². The summed E-state index contributed by atoms with van der Waals surface area (Å²) >= 11 is 0. The second-order valence-electron chi connectivity index (χ2n) is 8.19. The van der Waals surface area contributed by atoms with Crippen LogP contribution in [0.25, 0.3) is 11.3 Å². The topological polar surface area (TPSA) is 83.8 Å². The van der Waals surface area contributed by atoms with Gasteiger partial charge in [-0.2, -0.15) is 5.10 Å². The van der Waals surface area contributed by atoms with Gasteiger partial charge in [0.2, 0.25) is 5.95 Å². The molecule has 0 saturated carbocycles. The molecule has 3 aromatic heterocycles. The lowest BCUT2D eigenvalue weighted by molar-refractivity contribution is 0.589. The van der Waals surface area contributed by atoms with Gasteiger partial charge < -0.3 is 15.5 Å². The average Bonchev–Trinajstić information content (AvgIpc) is 3.32. The van der Waals surface area contributed by atoms with E-state index >= 15 is 0 Å². The molecule has 0 spiro atoms. The Morgan fingerprint density at radius 3 is 2.67 bits per heavy atom. The number of nitrogens with one attached hydrogen (secondary N) is 2. The second-order valence-corrected chi connectivity index (χ2v) is 8.19.